The standard InChI is InChI=1S/C23H30N4O4/c1-4-31-19-8-6-5-7-18(19)22(28)26-21(16(2)3)23(29)25-17-9-10-20(24-15-17)27-11-13-30-14-12-27/h5-10,15-16,21H,4,11-14H2,1-3H3,(H,25,29)(H,26,28). The number of hydrogen-bond donors (Lipinski definition) is 2. The molecule has 1 fully saturated rings. The van der Waals surface area contributed by atoms with Crippen molar-refractivity contribution in [2.24, 2.45) is 5.92 Å². The zero-order chi connectivity index (χ0) is 22.2. The summed E-state index contributed by atoms with van der Waals surface area (Å²) in [6, 6.07) is 9.99. The number of ether oxygens (including phenoxy) is 2. The first-order valence-electron chi connectivity index (χ1n) is 10.6. The fourth-order valence-electron chi connectivity index (χ4n) is 3.35. The Labute approximate surface area is 182 Å². The average molecular weight is 427 g/mol. The van der Waals surface area contributed by atoms with E-state index in [9.17, 15) is 9.59 Å². The summed E-state index contributed by atoms with van der Waals surface area (Å²) in [4.78, 5) is 32.3. The number of para-hydroxylation sites is 1. The SMILES string of the molecule is CCOc1ccccc1C(=O)NC(C(=O)Nc1ccc(N2CCOCC2)nc1)C(C)C. The van der Waals surface area contributed by atoms with Crippen LogP contribution in [0.2, 0.25) is 0 Å². The number of pyridine rings is 1. The van der Waals surface area contributed by atoms with Crippen molar-refractivity contribution in [1.82, 2.24) is 10.3 Å². The Bertz CT molecular complexity index is 879. The van der Waals surface area contributed by atoms with Gasteiger partial charge in [0.05, 0.1) is 37.3 Å². The van der Waals surface area contributed by atoms with E-state index in [4.69, 9.17) is 9.47 Å². The van der Waals surface area contributed by atoms with Crippen molar-refractivity contribution in [3.8, 4) is 5.75 Å². The Balaban J connectivity index is 1.66. The molecule has 1 aliphatic rings. The van der Waals surface area contributed by atoms with Crippen LogP contribution in [0.3, 0.4) is 0 Å². The molecule has 1 saturated heterocycles. The van der Waals surface area contributed by atoms with E-state index < -0.39 is 6.04 Å². The number of nitrogens with one attached hydrogen (secondary N) is 2. The van der Waals surface area contributed by atoms with Gasteiger partial charge in [0.15, 0.2) is 0 Å². The highest BCUT2D eigenvalue weighted by Crippen LogP contribution is 2.19. The second-order valence-electron chi connectivity index (χ2n) is 7.62. The van der Waals surface area contributed by atoms with Crippen LogP contribution in [0.15, 0.2) is 42.6 Å². The van der Waals surface area contributed by atoms with E-state index in [0.717, 1.165) is 18.9 Å². The Morgan fingerprint density at radius 3 is 2.55 bits per heavy atom. The smallest absolute Gasteiger partial charge is 0.255 e. The molecule has 1 atom stereocenters. The quantitative estimate of drug-likeness (QED) is 0.674. The molecule has 1 aromatic carbocycles. The summed E-state index contributed by atoms with van der Waals surface area (Å²) in [6.07, 6.45) is 1.63. The fraction of sp³-hybridized carbons (Fsp3) is 0.435. The van der Waals surface area contributed by atoms with Gasteiger partial charge in [-0.1, -0.05) is 26.0 Å². The number of aromatic nitrogens is 1. The van der Waals surface area contributed by atoms with Gasteiger partial charge in [0.2, 0.25) is 5.91 Å². The van der Waals surface area contributed by atoms with E-state index in [-0.39, 0.29) is 17.7 Å². The molecule has 1 aliphatic heterocycles. The normalized spacial score (nSPS) is 14.8. The van der Waals surface area contributed by atoms with Gasteiger partial charge in [-0.15, -0.1) is 0 Å². The van der Waals surface area contributed by atoms with Crippen LogP contribution in [0.1, 0.15) is 31.1 Å². The fourth-order valence-corrected chi connectivity index (χ4v) is 3.35. The second kappa shape index (κ2) is 10.8. The predicted octanol–water partition coefficient (Wildman–Crippen LogP) is 2.71. The number of hydrogen-bond acceptors (Lipinski definition) is 6. The number of morpholine rings is 1. The molecule has 166 valence electrons. The zero-order valence-electron chi connectivity index (χ0n) is 18.3. The minimum atomic E-state index is -0.707. The number of carbonyl (C=O) groups excluding carboxylic acids is 2. The Morgan fingerprint density at radius 2 is 1.90 bits per heavy atom. The summed E-state index contributed by atoms with van der Waals surface area (Å²) >= 11 is 0. The summed E-state index contributed by atoms with van der Waals surface area (Å²) < 4.78 is 10.9. The largest absolute Gasteiger partial charge is 0.493 e. The van der Waals surface area contributed by atoms with Crippen molar-refractivity contribution in [3.05, 3.63) is 48.2 Å². The van der Waals surface area contributed by atoms with Gasteiger partial charge < -0.3 is 25.0 Å². The summed E-state index contributed by atoms with van der Waals surface area (Å²) in [5, 5.41) is 5.70. The van der Waals surface area contributed by atoms with Gasteiger partial charge in [-0.3, -0.25) is 9.59 Å². The first-order valence-corrected chi connectivity index (χ1v) is 10.6. The number of carbonyl (C=O) groups is 2. The number of benzene rings is 1. The molecule has 1 unspecified atom stereocenters. The van der Waals surface area contributed by atoms with E-state index in [0.29, 0.717) is 36.8 Å². The van der Waals surface area contributed by atoms with Crippen LogP contribution in [0, 0.1) is 5.92 Å². The molecule has 0 saturated carbocycles. The van der Waals surface area contributed by atoms with E-state index in [2.05, 4.69) is 20.5 Å². The molecule has 0 radical (unpaired) electrons. The summed E-state index contributed by atoms with van der Waals surface area (Å²) in [6.45, 7) is 9.04. The molecule has 0 bridgehead atoms. The summed E-state index contributed by atoms with van der Waals surface area (Å²) in [5.74, 6) is 0.594. The Kier molecular flexibility index (Phi) is 7.83. The zero-order valence-corrected chi connectivity index (χ0v) is 18.3. The van der Waals surface area contributed by atoms with Gasteiger partial charge in [0.1, 0.15) is 17.6 Å². The first kappa shape index (κ1) is 22.6. The van der Waals surface area contributed by atoms with Crippen molar-refractivity contribution < 1.29 is 19.1 Å². The lowest BCUT2D eigenvalue weighted by Crippen LogP contribution is -2.47. The molecule has 8 nitrogen and oxygen atoms in total. The second-order valence-corrected chi connectivity index (χ2v) is 7.62. The maximum absolute atomic E-state index is 12.9. The van der Waals surface area contributed by atoms with Crippen molar-refractivity contribution >= 4 is 23.3 Å². The monoisotopic (exact) mass is 426 g/mol. The maximum atomic E-state index is 12.9. The minimum absolute atomic E-state index is 0.108. The van der Waals surface area contributed by atoms with Gasteiger partial charge in [0.25, 0.3) is 5.91 Å². The molecule has 8 heteroatoms. The van der Waals surface area contributed by atoms with Crippen molar-refractivity contribution in [2.75, 3.05) is 43.1 Å². The highest BCUT2D eigenvalue weighted by Gasteiger charge is 2.26. The van der Waals surface area contributed by atoms with Crippen molar-refractivity contribution in [1.29, 1.82) is 0 Å². The molecule has 2 heterocycles. The van der Waals surface area contributed by atoms with Crippen LogP contribution in [0.5, 0.6) is 5.75 Å². The third-order valence-electron chi connectivity index (χ3n) is 5.02. The lowest BCUT2D eigenvalue weighted by molar-refractivity contribution is -0.118. The van der Waals surface area contributed by atoms with Gasteiger partial charge in [-0.25, -0.2) is 4.98 Å². The molecular formula is C23H30N4O4. The molecular weight excluding hydrogens is 396 g/mol. The van der Waals surface area contributed by atoms with Gasteiger partial charge in [-0.05, 0) is 37.1 Å². The first-order chi connectivity index (χ1) is 15.0. The van der Waals surface area contributed by atoms with E-state index in [1.54, 1.807) is 24.4 Å². The van der Waals surface area contributed by atoms with E-state index in [1.165, 1.54) is 0 Å². The molecule has 3 rings (SSSR count). The van der Waals surface area contributed by atoms with Crippen LogP contribution in [0.4, 0.5) is 11.5 Å². The van der Waals surface area contributed by atoms with Crippen LogP contribution < -0.4 is 20.3 Å². The summed E-state index contributed by atoms with van der Waals surface area (Å²) in [5.41, 5.74) is 0.982. The molecule has 2 N–H and O–H groups in total. The number of rotatable bonds is 8. The van der Waals surface area contributed by atoms with E-state index in [1.807, 2.05) is 39.0 Å². The topological polar surface area (TPSA) is 92.8 Å². The molecule has 0 aliphatic carbocycles. The average Bonchev–Trinajstić information content (AvgIpc) is 2.78. The predicted molar refractivity (Wildman–Crippen MR) is 120 cm³/mol. The van der Waals surface area contributed by atoms with E-state index >= 15 is 0 Å². The lowest BCUT2D eigenvalue weighted by Gasteiger charge is -2.28. The molecule has 31 heavy (non-hydrogen) atoms. The number of nitrogens with zero attached hydrogens (tertiary/aromatic N) is 2. The molecule has 2 aromatic rings. The highest BCUT2D eigenvalue weighted by molar-refractivity contribution is 6.02. The lowest BCUT2D eigenvalue weighted by atomic mass is 10.0. The highest BCUT2D eigenvalue weighted by atomic mass is 16.5. The molecule has 2 amide bonds. The number of amides is 2. The third-order valence-corrected chi connectivity index (χ3v) is 5.02. The maximum Gasteiger partial charge on any atom is 0.255 e. The van der Waals surface area contributed by atoms with Gasteiger partial charge in [0, 0.05) is 13.1 Å². The van der Waals surface area contributed by atoms with Crippen LogP contribution in [-0.2, 0) is 9.53 Å². The summed E-state index contributed by atoms with van der Waals surface area (Å²) in [7, 11) is 0. The molecule has 1 aromatic heterocycles. The van der Waals surface area contributed by atoms with Crippen molar-refractivity contribution in [3.63, 3.8) is 0 Å². The van der Waals surface area contributed by atoms with Gasteiger partial charge >= 0.3 is 0 Å². The minimum Gasteiger partial charge on any atom is -0.493 e. The van der Waals surface area contributed by atoms with Crippen LogP contribution >= 0.6 is 0 Å². The Morgan fingerprint density at radius 1 is 1.16 bits per heavy atom. The van der Waals surface area contributed by atoms with Gasteiger partial charge in [-0.2, -0.15) is 0 Å². The molecule has 0 spiro atoms. The van der Waals surface area contributed by atoms with Crippen LogP contribution in [0.25, 0.3) is 0 Å². The van der Waals surface area contributed by atoms with Crippen molar-refractivity contribution in [2.45, 2.75) is 26.8 Å². The van der Waals surface area contributed by atoms with Crippen LogP contribution in [-0.4, -0.2) is 55.8 Å². The number of anilines is 2. The third kappa shape index (κ3) is 5.95. The Hall–Kier alpha value is -3.13.